The maximum atomic E-state index is 5.00. The Morgan fingerprint density at radius 1 is 0.850 bits per heavy atom. The molecule has 0 radical (unpaired) electrons. The van der Waals surface area contributed by atoms with Gasteiger partial charge in [-0.05, 0) is 51.1 Å². The molecule has 114 valence electrons. The van der Waals surface area contributed by atoms with E-state index in [1.807, 2.05) is 0 Å². The molecule has 0 saturated heterocycles. The third kappa shape index (κ3) is 12.9. The Morgan fingerprint density at radius 3 is 1.50 bits per heavy atom. The van der Waals surface area contributed by atoms with Crippen molar-refractivity contribution in [3.8, 4) is 0 Å². The lowest BCUT2D eigenvalue weighted by Crippen LogP contribution is -2.31. The number of rotatable bonds is 9. The van der Waals surface area contributed by atoms with Crippen LogP contribution in [0.3, 0.4) is 0 Å². The minimum absolute atomic E-state index is 0.297. The topological polar surface area (TPSA) is 66.6 Å². The normalized spacial score (nSPS) is 9.10. The average Bonchev–Trinajstić information content (AvgIpc) is 2.37. The van der Waals surface area contributed by atoms with Crippen LogP contribution in [0, 0.1) is 0 Å². The van der Waals surface area contributed by atoms with E-state index in [0.717, 1.165) is 25.9 Å². The molecule has 8 heteroatoms. The Bertz CT molecular complexity index is 327. The van der Waals surface area contributed by atoms with Gasteiger partial charge in [-0.1, -0.05) is 13.2 Å². The minimum Gasteiger partial charge on any atom is -0.352 e. The molecule has 0 atom stereocenters. The smallest absolute Gasteiger partial charge is 0.286 e. The van der Waals surface area contributed by atoms with Crippen LogP contribution in [0.5, 0.6) is 0 Å². The van der Waals surface area contributed by atoms with E-state index in [2.05, 4.69) is 34.8 Å². The first-order valence-electron chi connectivity index (χ1n) is 6.14. The number of hydroxylamine groups is 2. The zero-order valence-corrected chi connectivity index (χ0v) is 13.5. The number of hydrogen-bond acceptors (Lipinski definition) is 6. The lowest BCUT2D eigenvalue weighted by Gasteiger charge is -2.11. The molecule has 0 amide bonds. The first-order valence-corrected chi connectivity index (χ1v) is 6.96. The molecule has 0 bridgehead atoms. The van der Waals surface area contributed by atoms with Crippen molar-refractivity contribution in [2.45, 2.75) is 26.7 Å². The predicted molar refractivity (Wildman–Crippen MR) is 88.5 cm³/mol. The van der Waals surface area contributed by atoms with Gasteiger partial charge in [0.1, 0.15) is 0 Å². The van der Waals surface area contributed by atoms with Crippen molar-refractivity contribution in [3.63, 3.8) is 0 Å². The second-order valence-corrected chi connectivity index (χ2v) is 4.85. The second-order valence-electron chi connectivity index (χ2n) is 4.10. The van der Waals surface area contributed by atoms with Crippen LogP contribution in [0.25, 0.3) is 0 Å². The maximum absolute atomic E-state index is 5.00. The summed E-state index contributed by atoms with van der Waals surface area (Å²) in [5, 5.41) is 6.51. The number of thiocarbonyl (C=S) groups is 2. The number of nitrogens with one attached hydrogen (secondary N) is 4. The Morgan fingerprint density at radius 2 is 1.20 bits per heavy atom. The first kappa shape index (κ1) is 18.5. The Balaban J connectivity index is 3.39. The highest BCUT2D eigenvalue weighted by atomic mass is 32.1. The molecule has 0 aliphatic heterocycles. The highest BCUT2D eigenvalue weighted by molar-refractivity contribution is 7.80. The number of hydrogen-bond donors (Lipinski definition) is 4. The van der Waals surface area contributed by atoms with Gasteiger partial charge in [0, 0.05) is 24.5 Å². The fourth-order valence-corrected chi connectivity index (χ4v) is 1.26. The molecule has 0 saturated carbocycles. The first-order chi connectivity index (χ1) is 9.41. The van der Waals surface area contributed by atoms with Gasteiger partial charge in [0.15, 0.2) is 0 Å². The molecular formula is C12H22N4O2S2. The third-order valence-electron chi connectivity index (χ3n) is 1.78. The summed E-state index contributed by atoms with van der Waals surface area (Å²) in [6, 6.07) is 0. The van der Waals surface area contributed by atoms with Gasteiger partial charge in [-0.2, -0.15) is 0 Å². The van der Waals surface area contributed by atoms with Gasteiger partial charge in [0.25, 0.3) is 10.3 Å². The van der Waals surface area contributed by atoms with E-state index in [9.17, 15) is 0 Å². The molecule has 0 aromatic rings. The second kappa shape index (κ2) is 11.3. The summed E-state index contributed by atoms with van der Waals surface area (Å²) < 4.78 is 0. The van der Waals surface area contributed by atoms with Crippen LogP contribution in [-0.2, 0) is 9.68 Å². The molecule has 4 N–H and O–H groups in total. The molecule has 0 spiro atoms. The predicted octanol–water partition coefficient (Wildman–Crippen LogP) is 1.63. The quantitative estimate of drug-likeness (QED) is 0.291. The summed E-state index contributed by atoms with van der Waals surface area (Å²) in [6.07, 6.45) is 1.83. The third-order valence-corrected chi connectivity index (χ3v) is 2.23. The van der Waals surface area contributed by atoms with Crippen molar-refractivity contribution in [1.82, 2.24) is 21.6 Å². The summed E-state index contributed by atoms with van der Waals surface area (Å²) in [5.41, 5.74) is 6.53. The lowest BCUT2D eigenvalue weighted by atomic mass is 10.3. The molecule has 0 rings (SSSR count). The van der Waals surface area contributed by atoms with E-state index < -0.39 is 0 Å². The van der Waals surface area contributed by atoms with Crippen molar-refractivity contribution in [2.24, 2.45) is 0 Å². The van der Waals surface area contributed by atoms with Crippen LogP contribution in [-0.4, -0.2) is 23.4 Å². The highest BCUT2D eigenvalue weighted by Gasteiger charge is 1.98. The van der Waals surface area contributed by atoms with Gasteiger partial charge in [0.2, 0.25) is 0 Å². The molecule has 20 heavy (non-hydrogen) atoms. The van der Waals surface area contributed by atoms with Crippen LogP contribution in [0.4, 0.5) is 0 Å². The molecule has 0 aromatic carbocycles. The Labute approximate surface area is 130 Å². The maximum Gasteiger partial charge on any atom is 0.286 e. The minimum atomic E-state index is 0.297. The lowest BCUT2D eigenvalue weighted by molar-refractivity contribution is 0.210. The summed E-state index contributed by atoms with van der Waals surface area (Å²) in [6.45, 7) is 12.2. The molecule has 6 nitrogen and oxygen atoms in total. The van der Waals surface area contributed by atoms with E-state index in [-0.39, 0.29) is 0 Å². The van der Waals surface area contributed by atoms with Crippen LogP contribution >= 0.6 is 24.4 Å². The van der Waals surface area contributed by atoms with Crippen molar-refractivity contribution in [2.75, 3.05) is 13.1 Å². The van der Waals surface area contributed by atoms with E-state index in [0.29, 0.717) is 21.7 Å². The zero-order chi connectivity index (χ0) is 15.4. The average molecular weight is 318 g/mol. The monoisotopic (exact) mass is 318 g/mol. The molecular weight excluding hydrogens is 296 g/mol. The van der Waals surface area contributed by atoms with Gasteiger partial charge in [0.05, 0.1) is 0 Å². The van der Waals surface area contributed by atoms with E-state index in [1.54, 1.807) is 13.8 Å². The molecule has 0 aliphatic rings. The summed E-state index contributed by atoms with van der Waals surface area (Å²) in [4.78, 5) is 10.0. The van der Waals surface area contributed by atoms with Gasteiger partial charge in [-0.3, -0.25) is 0 Å². The van der Waals surface area contributed by atoms with E-state index in [1.165, 1.54) is 0 Å². The standard InChI is InChI=1S/C12H22N4O2S2/c1-9(2)15-17-11(19)13-7-5-6-8-14-12(20)18-16-10(3)4/h15-16H,1,3,5-8H2,2,4H3,(H,13,19)(H,14,20). The largest absolute Gasteiger partial charge is 0.352 e. The fraction of sp³-hybridized carbons (Fsp3) is 0.500. The van der Waals surface area contributed by atoms with Crippen LogP contribution in [0.15, 0.2) is 24.6 Å². The number of unbranched alkanes of at least 4 members (excludes halogenated alkanes) is 1. The molecule has 0 heterocycles. The van der Waals surface area contributed by atoms with Gasteiger partial charge >= 0.3 is 0 Å². The van der Waals surface area contributed by atoms with Crippen LogP contribution < -0.4 is 21.6 Å². The Hall–Kier alpha value is -1.54. The van der Waals surface area contributed by atoms with Gasteiger partial charge < -0.3 is 20.3 Å². The van der Waals surface area contributed by atoms with E-state index in [4.69, 9.17) is 34.1 Å². The van der Waals surface area contributed by atoms with Gasteiger partial charge in [-0.25, -0.2) is 11.0 Å². The summed E-state index contributed by atoms with van der Waals surface area (Å²) in [5.74, 6) is 0. The van der Waals surface area contributed by atoms with Gasteiger partial charge in [-0.15, -0.1) is 0 Å². The number of allylic oxidation sites excluding steroid dienone is 2. The van der Waals surface area contributed by atoms with Crippen molar-refractivity contribution in [3.05, 3.63) is 24.6 Å². The van der Waals surface area contributed by atoms with Crippen molar-refractivity contribution >= 4 is 34.8 Å². The molecule has 0 aromatic heterocycles. The molecule has 0 unspecified atom stereocenters. The fourth-order valence-electron chi connectivity index (χ4n) is 0.970. The zero-order valence-electron chi connectivity index (χ0n) is 11.9. The van der Waals surface area contributed by atoms with Crippen LogP contribution in [0.2, 0.25) is 0 Å². The summed E-state index contributed by atoms with van der Waals surface area (Å²) >= 11 is 9.88. The molecule has 0 aliphatic carbocycles. The van der Waals surface area contributed by atoms with Crippen molar-refractivity contribution in [1.29, 1.82) is 0 Å². The van der Waals surface area contributed by atoms with Crippen molar-refractivity contribution < 1.29 is 9.68 Å². The molecule has 0 fully saturated rings. The summed E-state index contributed by atoms with van der Waals surface area (Å²) in [7, 11) is 0. The highest BCUT2D eigenvalue weighted by Crippen LogP contribution is 1.88. The Kier molecular flexibility index (Phi) is 10.4. The van der Waals surface area contributed by atoms with Crippen LogP contribution in [0.1, 0.15) is 26.7 Å². The SMILES string of the molecule is C=C(C)NOC(=S)NCCCCNC(=S)ONC(=C)C. The van der Waals surface area contributed by atoms with E-state index >= 15 is 0 Å².